The van der Waals surface area contributed by atoms with Crippen molar-refractivity contribution in [2.75, 3.05) is 24.7 Å². The van der Waals surface area contributed by atoms with E-state index >= 15 is 0 Å². The molecule has 1 aromatic rings. The van der Waals surface area contributed by atoms with Crippen LogP contribution in [0.4, 0.5) is 15.8 Å². The van der Waals surface area contributed by atoms with Gasteiger partial charge in [0.1, 0.15) is 5.82 Å². The van der Waals surface area contributed by atoms with Crippen molar-refractivity contribution in [2.24, 2.45) is 0 Å². The molecule has 0 atom stereocenters. The number of halogens is 1. The molecule has 6 heteroatoms. The molecule has 2 rings (SSSR count). The van der Waals surface area contributed by atoms with Gasteiger partial charge < -0.3 is 9.64 Å². The van der Waals surface area contributed by atoms with Crippen molar-refractivity contribution in [3.63, 3.8) is 0 Å². The molecule has 1 fully saturated rings. The second kappa shape index (κ2) is 4.53. The lowest BCUT2D eigenvalue weighted by Gasteiger charge is -2.43. The molecule has 1 aliphatic rings. The summed E-state index contributed by atoms with van der Waals surface area (Å²) >= 11 is 0. The molecule has 0 bridgehead atoms. The number of benzene rings is 1. The van der Waals surface area contributed by atoms with Gasteiger partial charge >= 0.3 is 0 Å². The second-order valence-electron chi connectivity index (χ2n) is 4.94. The van der Waals surface area contributed by atoms with Crippen LogP contribution in [0.25, 0.3) is 0 Å². The first kappa shape index (κ1) is 12.8. The van der Waals surface area contributed by atoms with E-state index < -0.39 is 10.7 Å². The van der Waals surface area contributed by atoms with Crippen LogP contribution >= 0.6 is 0 Å². The molecule has 0 saturated carbocycles. The monoisotopic (exact) mass is 254 g/mol. The first-order chi connectivity index (χ1) is 8.40. The lowest BCUT2D eigenvalue weighted by molar-refractivity contribution is -0.385. The number of anilines is 1. The Morgan fingerprint density at radius 3 is 2.78 bits per heavy atom. The van der Waals surface area contributed by atoms with Gasteiger partial charge in [0.25, 0.3) is 5.69 Å². The Morgan fingerprint density at radius 2 is 2.17 bits per heavy atom. The summed E-state index contributed by atoms with van der Waals surface area (Å²) in [6, 6.07) is 3.65. The average molecular weight is 254 g/mol. The summed E-state index contributed by atoms with van der Waals surface area (Å²) in [6.45, 7) is 5.56. The van der Waals surface area contributed by atoms with Crippen molar-refractivity contribution in [3.8, 4) is 0 Å². The van der Waals surface area contributed by atoms with Crippen molar-refractivity contribution in [1.29, 1.82) is 0 Å². The fourth-order valence-corrected chi connectivity index (χ4v) is 2.16. The van der Waals surface area contributed by atoms with Crippen LogP contribution in [0.5, 0.6) is 0 Å². The van der Waals surface area contributed by atoms with Gasteiger partial charge in [0.05, 0.1) is 29.7 Å². The van der Waals surface area contributed by atoms with E-state index in [1.165, 1.54) is 12.1 Å². The highest BCUT2D eigenvalue weighted by Crippen LogP contribution is 2.30. The summed E-state index contributed by atoms with van der Waals surface area (Å²) < 4.78 is 18.8. The Labute approximate surface area is 104 Å². The van der Waals surface area contributed by atoms with Crippen LogP contribution in [0.1, 0.15) is 13.8 Å². The number of non-ortho nitro benzene ring substituents is 1. The SMILES string of the molecule is CC1(C)COCCN1c1cc(F)cc([N+](=O)[O-])c1. The van der Waals surface area contributed by atoms with Gasteiger partial charge in [0.2, 0.25) is 0 Å². The van der Waals surface area contributed by atoms with Crippen molar-refractivity contribution in [1.82, 2.24) is 0 Å². The normalized spacial score (nSPS) is 18.7. The number of morpholine rings is 1. The number of ether oxygens (including phenoxy) is 1. The van der Waals surface area contributed by atoms with Crippen LogP contribution < -0.4 is 4.90 Å². The van der Waals surface area contributed by atoms with Gasteiger partial charge in [-0.05, 0) is 19.9 Å². The highest BCUT2D eigenvalue weighted by Gasteiger charge is 2.31. The Kier molecular flexibility index (Phi) is 3.21. The lowest BCUT2D eigenvalue weighted by atomic mass is 10.0. The predicted molar refractivity (Wildman–Crippen MR) is 65.3 cm³/mol. The summed E-state index contributed by atoms with van der Waals surface area (Å²) in [6.07, 6.45) is 0. The van der Waals surface area contributed by atoms with Gasteiger partial charge in [-0.2, -0.15) is 0 Å². The van der Waals surface area contributed by atoms with Gasteiger partial charge in [-0.25, -0.2) is 4.39 Å². The number of nitro groups is 1. The molecule has 1 saturated heterocycles. The number of hydrogen-bond acceptors (Lipinski definition) is 4. The summed E-state index contributed by atoms with van der Waals surface area (Å²) in [5, 5.41) is 10.7. The predicted octanol–water partition coefficient (Wildman–Crippen LogP) is 2.35. The molecule has 0 unspecified atom stereocenters. The third-order valence-electron chi connectivity index (χ3n) is 3.04. The van der Waals surface area contributed by atoms with Gasteiger partial charge in [-0.1, -0.05) is 0 Å². The number of nitro benzene ring substituents is 1. The summed E-state index contributed by atoms with van der Waals surface area (Å²) in [7, 11) is 0. The third kappa shape index (κ3) is 2.43. The zero-order valence-corrected chi connectivity index (χ0v) is 10.4. The minimum absolute atomic E-state index is 0.229. The Morgan fingerprint density at radius 1 is 1.44 bits per heavy atom. The zero-order chi connectivity index (χ0) is 13.3. The Hall–Kier alpha value is -1.69. The Bertz CT molecular complexity index is 476. The molecule has 1 heterocycles. The Balaban J connectivity index is 2.40. The van der Waals surface area contributed by atoms with E-state index in [1.807, 2.05) is 18.7 Å². The molecule has 0 amide bonds. The standard InChI is InChI=1S/C12H15FN2O3/c1-12(2)8-18-4-3-14(12)10-5-9(13)6-11(7-10)15(16)17/h5-7H,3-4,8H2,1-2H3. The van der Waals surface area contributed by atoms with E-state index in [0.29, 0.717) is 25.4 Å². The number of hydrogen-bond donors (Lipinski definition) is 0. The molecule has 0 spiro atoms. The van der Waals surface area contributed by atoms with Crippen molar-refractivity contribution >= 4 is 11.4 Å². The van der Waals surface area contributed by atoms with E-state index in [4.69, 9.17) is 4.74 Å². The molecule has 98 valence electrons. The highest BCUT2D eigenvalue weighted by atomic mass is 19.1. The largest absolute Gasteiger partial charge is 0.377 e. The van der Waals surface area contributed by atoms with Crippen LogP contribution in [0.15, 0.2) is 18.2 Å². The van der Waals surface area contributed by atoms with E-state index in [9.17, 15) is 14.5 Å². The van der Waals surface area contributed by atoms with Crippen molar-refractivity contribution in [3.05, 3.63) is 34.1 Å². The molecule has 1 aromatic carbocycles. The smallest absolute Gasteiger partial charge is 0.274 e. The first-order valence-corrected chi connectivity index (χ1v) is 5.70. The maximum atomic E-state index is 13.4. The highest BCUT2D eigenvalue weighted by molar-refractivity contribution is 5.55. The summed E-state index contributed by atoms with van der Waals surface area (Å²) in [5.41, 5.74) is -0.0119. The molecule has 0 N–H and O–H groups in total. The van der Waals surface area contributed by atoms with Crippen molar-refractivity contribution < 1.29 is 14.1 Å². The zero-order valence-electron chi connectivity index (χ0n) is 10.4. The molecule has 1 aliphatic heterocycles. The van der Waals surface area contributed by atoms with E-state index in [2.05, 4.69) is 0 Å². The van der Waals surface area contributed by atoms with E-state index in [0.717, 1.165) is 6.07 Å². The molecule has 18 heavy (non-hydrogen) atoms. The maximum absolute atomic E-state index is 13.4. The van der Waals surface area contributed by atoms with Gasteiger partial charge in [-0.15, -0.1) is 0 Å². The van der Waals surface area contributed by atoms with Gasteiger partial charge in [-0.3, -0.25) is 10.1 Å². The van der Waals surface area contributed by atoms with Gasteiger partial charge in [0, 0.05) is 18.3 Å². The van der Waals surface area contributed by atoms with Crippen LogP contribution in [0, 0.1) is 15.9 Å². The molecule has 0 radical (unpaired) electrons. The second-order valence-corrected chi connectivity index (χ2v) is 4.94. The van der Waals surface area contributed by atoms with Crippen LogP contribution in [-0.2, 0) is 4.74 Å². The summed E-state index contributed by atoms with van der Waals surface area (Å²) in [5.74, 6) is -0.596. The van der Waals surface area contributed by atoms with Crippen LogP contribution in [0.2, 0.25) is 0 Å². The van der Waals surface area contributed by atoms with Crippen molar-refractivity contribution in [2.45, 2.75) is 19.4 Å². The topological polar surface area (TPSA) is 55.6 Å². The molecule has 5 nitrogen and oxygen atoms in total. The van der Waals surface area contributed by atoms with Crippen LogP contribution in [-0.4, -0.2) is 30.2 Å². The maximum Gasteiger partial charge on any atom is 0.274 e. The minimum atomic E-state index is -0.596. The molecule has 0 aromatic heterocycles. The summed E-state index contributed by atoms with van der Waals surface area (Å²) in [4.78, 5) is 12.1. The quantitative estimate of drug-likeness (QED) is 0.600. The van der Waals surface area contributed by atoms with Gasteiger partial charge in [0.15, 0.2) is 0 Å². The fraction of sp³-hybridized carbons (Fsp3) is 0.500. The third-order valence-corrected chi connectivity index (χ3v) is 3.04. The van der Waals surface area contributed by atoms with E-state index in [-0.39, 0.29) is 11.2 Å². The lowest BCUT2D eigenvalue weighted by Crippen LogP contribution is -2.53. The fourth-order valence-electron chi connectivity index (χ4n) is 2.16. The number of rotatable bonds is 2. The minimum Gasteiger partial charge on any atom is -0.377 e. The van der Waals surface area contributed by atoms with E-state index in [1.54, 1.807) is 0 Å². The molecular formula is C12H15FN2O3. The number of nitrogens with zero attached hydrogens (tertiary/aromatic N) is 2. The van der Waals surface area contributed by atoms with Crippen LogP contribution in [0.3, 0.4) is 0 Å². The molecular weight excluding hydrogens is 239 g/mol. The average Bonchev–Trinajstić information content (AvgIpc) is 2.27. The molecule has 0 aliphatic carbocycles. The first-order valence-electron chi connectivity index (χ1n) is 5.70.